The molecule has 1 saturated carbocycles. The van der Waals surface area contributed by atoms with E-state index in [0.29, 0.717) is 16.5 Å². The number of carbonyl (C=O) groups is 1. The highest BCUT2D eigenvalue weighted by atomic mass is 79.9. The lowest BCUT2D eigenvalue weighted by molar-refractivity contribution is -0.122. The molecule has 2 aliphatic rings. The number of aromatic nitrogens is 3. The van der Waals surface area contributed by atoms with Gasteiger partial charge in [0.15, 0.2) is 5.65 Å². The number of allylic oxidation sites excluding steroid dienone is 1. The summed E-state index contributed by atoms with van der Waals surface area (Å²) in [6, 6.07) is 7.42. The Kier molecular flexibility index (Phi) is 4.17. The molecule has 2 heterocycles. The minimum Gasteiger partial charge on any atom is -0.378 e. The van der Waals surface area contributed by atoms with Crippen molar-refractivity contribution in [1.29, 1.82) is 0 Å². The molecule has 0 radical (unpaired) electrons. The first kappa shape index (κ1) is 17.7. The monoisotopic (exact) mass is 457 g/mol. The summed E-state index contributed by atoms with van der Waals surface area (Å²) < 4.78 is 0.807. The Hall–Kier alpha value is -2.38. The van der Waals surface area contributed by atoms with E-state index in [-0.39, 0.29) is 29.7 Å². The summed E-state index contributed by atoms with van der Waals surface area (Å²) in [6.45, 7) is 0. The smallest absolute Gasteiger partial charge is 0.223 e. The average molecular weight is 459 g/mol. The van der Waals surface area contributed by atoms with Crippen molar-refractivity contribution in [3.63, 3.8) is 0 Å². The van der Waals surface area contributed by atoms with Gasteiger partial charge in [0.2, 0.25) is 5.91 Å². The summed E-state index contributed by atoms with van der Waals surface area (Å²) in [5.74, 6) is 0.726. The molecule has 142 valence electrons. The van der Waals surface area contributed by atoms with Crippen LogP contribution in [0.25, 0.3) is 22.6 Å². The number of aromatic amines is 1. The van der Waals surface area contributed by atoms with Gasteiger partial charge in [0.25, 0.3) is 0 Å². The van der Waals surface area contributed by atoms with Crippen molar-refractivity contribution in [2.75, 3.05) is 5.32 Å². The second-order valence-electron chi connectivity index (χ2n) is 7.32. The molecule has 28 heavy (non-hydrogen) atoms. The van der Waals surface area contributed by atoms with Crippen molar-refractivity contribution in [1.82, 2.24) is 15.0 Å². The Bertz CT molecular complexity index is 1110. The van der Waals surface area contributed by atoms with Crippen LogP contribution in [0.1, 0.15) is 6.42 Å². The number of fused-ring (bicyclic) bond motifs is 3. The van der Waals surface area contributed by atoms with Crippen LogP contribution in [0.2, 0.25) is 5.02 Å². The number of primary amides is 1. The van der Waals surface area contributed by atoms with Crippen molar-refractivity contribution in [3.05, 3.63) is 52.1 Å². The third kappa shape index (κ3) is 2.81. The van der Waals surface area contributed by atoms with E-state index in [1.165, 1.54) is 0 Å². The summed E-state index contributed by atoms with van der Waals surface area (Å²) in [5.41, 5.74) is 8.85. The molecule has 0 saturated heterocycles. The van der Waals surface area contributed by atoms with Crippen LogP contribution in [-0.4, -0.2) is 26.9 Å². The molecule has 0 spiro atoms. The normalized spacial score (nSPS) is 25.5. The number of imidazole rings is 1. The summed E-state index contributed by atoms with van der Waals surface area (Å²) >= 11 is 9.57. The topological polar surface area (TPSA) is 96.7 Å². The molecule has 1 aromatic carbocycles. The molecule has 1 amide bonds. The Morgan fingerprint density at radius 2 is 2.00 bits per heavy atom. The minimum absolute atomic E-state index is 0.0447. The molecule has 2 aliphatic carbocycles. The summed E-state index contributed by atoms with van der Waals surface area (Å²) in [6.07, 6.45) is 6.97. The molecule has 2 aromatic heterocycles. The van der Waals surface area contributed by atoms with Crippen molar-refractivity contribution in [2.45, 2.75) is 12.5 Å². The standard InChI is InChI=1S/C20H17BrClN5O/c21-13-8-24-20-17(26-19(27-20)9-3-5-12(22)6-4-9)16(13)25-15-11-2-1-10(7-11)14(15)18(23)28/h1-6,8,10-11,14-15H,7H2,(H2,23,28)(H2,24,25,26,27)/t10-,11+,14+,15?/m1/s1. The van der Waals surface area contributed by atoms with Crippen LogP contribution in [0, 0.1) is 17.8 Å². The number of anilines is 1. The predicted octanol–water partition coefficient (Wildman–Crippen LogP) is 4.13. The summed E-state index contributed by atoms with van der Waals surface area (Å²) in [5, 5.41) is 4.23. The first-order valence-corrected chi connectivity index (χ1v) is 10.2. The quantitative estimate of drug-likeness (QED) is 0.512. The van der Waals surface area contributed by atoms with Gasteiger partial charge >= 0.3 is 0 Å². The van der Waals surface area contributed by atoms with Gasteiger partial charge in [0, 0.05) is 22.8 Å². The molecule has 2 bridgehead atoms. The Labute approximate surface area is 174 Å². The fourth-order valence-corrected chi connectivity index (χ4v) is 4.93. The number of nitrogens with two attached hydrogens (primary N) is 1. The zero-order valence-electron chi connectivity index (χ0n) is 14.7. The molecule has 5 rings (SSSR count). The second kappa shape index (κ2) is 6.60. The number of nitrogens with zero attached hydrogens (tertiary/aromatic N) is 2. The maximum Gasteiger partial charge on any atom is 0.223 e. The largest absolute Gasteiger partial charge is 0.378 e. The maximum atomic E-state index is 12.1. The first-order chi connectivity index (χ1) is 13.5. The Morgan fingerprint density at radius 3 is 2.75 bits per heavy atom. The van der Waals surface area contributed by atoms with Crippen LogP contribution >= 0.6 is 27.5 Å². The van der Waals surface area contributed by atoms with Gasteiger partial charge in [-0.3, -0.25) is 4.79 Å². The molecular weight excluding hydrogens is 442 g/mol. The van der Waals surface area contributed by atoms with E-state index in [0.717, 1.165) is 27.7 Å². The van der Waals surface area contributed by atoms with Crippen LogP contribution in [0.5, 0.6) is 0 Å². The van der Waals surface area contributed by atoms with Gasteiger partial charge in [-0.15, -0.1) is 0 Å². The van der Waals surface area contributed by atoms with Crippen molar-refractivity contribution < 1.29 is 4.79 Å². The van der Waals surface area contributed by atoms with Crippen molar-refractivity contribution in [3.8, 4) is 11.4 Å². The molecule has 3 aromatic rings. The number of hydrogen-bond acceptors (Lipinski definition) is 4. The second-order valence-corrected chi connectivity index (χ2v) is 8.61. The molecule has 0 aliphatic heterocycles. The molecule has 1 unspecified atom stereocenters. The molecule has 1 fully saturated rings. The Balaban J connectivity index is 1.56. The van der Waals surface area contributed by atoms with Crippen LogP contribution < -0.4 is 11.1 Å². The third-order valence-corrected chi connectivity index (χ3v) is 6.54. The number of carbonyl (C=O) groups excluding carboxylic acids is 1. The number of pyridine rings is 1. The number of rotatable bonds is 4. The van der Waals surface area contributed by atoms with Crippen LogP contribution in [0.15, 0.2) is 47.1 Å². The predicted molar refractivity (Wildman–Crippen MR) is 113 cm³/mol. The lowest BCUT2D eigenvalue weighted by Crippen LogP contribution is -2.41. The number of amides is 1. The van der Waals surface area contributed by atoms with Gasteiger partial charge in [0.1, 0.15) is 11.3 Å². The number of halogens is 2. The van der Waals surface area contributed by atoms with Crippen molar-refractivity contribution in [2.24, 2.45) is 23.5 Å². The fraction of sp³-hybridized carbons (Fsp3) is 0.250. The van der Waals surface area contributed by atoms with E-state index in [2.05, 4.69) is 48.4 Å². The molecular formula is C20H17BrClN5O. The highest BCUT2D eigenvalue weighted by Crippen LogP contribution is 2.46. The molecule has 4 atom stereocenters. The zero-order valence-corrected chi connectivity index (χ0v) is 17.0. The average Bonchev–Trinajstić information content (AvgIpc) is 3.38. The van der Waals surface area contributed by atoms with Crippen LogP contribution in [0.3, 0.4) is 0 Å². The van der Waals surface area contributed by atoms with Crippen LogP contribution in [-0.2, 0) is 4.79 Å². The van der Waals surface area contributed by atoms with Gasteiger partial charge in [-0.05, 0) is 58.5 Å². The summed E-state index contributed by atoms with van der Waals surface area (Å²) in [7, 11) is 0. The van der Waals surface area contributed by atoms with E-state index < -0.39 is 0 Å². The van der Waals surface area contributed by atoms with E-state index in [1.54, 1.807) is 6.20 Å². The van der Waals surface area contributed by atoms with Gasteiger partial charge in [-0.2, -0.15) is 0 Å². The third-order valence-electron chi connectivity index (χ3n) is 5.69. The van der Waals surface area contributed by atoms with Gasteiger partial charge in [0.05, 0.1) is 16.1 Å². The SMILES string of the molecule is NC(=O)[C@@H]1C(Nc2c(Br)cnc3nc(-c4ccc(Cl)cc4)[nH]c23)[C@H]2C=C[C@@H]1C2. The lowest BCUT2D eigenvalue weighted by Gasteiger charge is -2.28. The van der Waals surface area contributed by atoms with E-state index in [1.807, 2.05) is 24.3 Å². The molecule has 8 heteroatoms. The van der Waals surface area contributed by atoms with E-state index >= 15 is 0 Å². The van der Waals surface area contributed by atoms with E-state index in [4.69, 9.17) is 17.3 Å². The van der Waals surface area contributed by atoms with Gasteiger partial charge in [-0.1, -0.05) is 23.8 Å². The minimum atomic E-state index is -0.262. The summed E-state index contributed by atoms with van der Waals surface area (Å²) in [4.78, 5) is 24.4. The van der Waals surface area contributed by atoms with Crippen molar-refractivity contribution >= 4 is 50.3 Å². The van der Waals surface area contributed by atoms with Gasteiger partial charge in [-0.25, -0.2) is 9.97 Å². The lowest BCUT2D eigenvalue weighted by atomic mass is 9.88. The highest BCUT2D eigenvalue weighted by molar-refractivity contribution is 9.10. The number of H-pyrrole nitrogens is 1. The van der Waals surface area contributed by atoms with Crippen LogP contribution in [0.4, 0.5) is 5.69 Å². The molecule has 4 N–H and O–H groups in total. The first-order valence-electron chi connectivity index (χ1n) is 9.05. The Morgan fingerprint density at radius 1 is 1.25 bits per heavy atom. The maximum absolute atomic E-state index is 12.1. The van der Waals surface area contributed by atoms with E-state index in [9.17, 15) is 4.79 Å². The number of nitrogens with one attached hydrogen (secondary N) is 2. The highest BCUT2D eigenvalue weighted by Gasteiger charge is 2.47. The number of benzene rings is 1. The van der Waals surface area contributed by atoms with Gasteiger partial charge < -0.3 is 16.0 Å². The fourth-order valence-electron chi connectivity index (χ4n) is 4.39. The number of hydrogen-bond donors (Lipinski definition) is 3. The zero-order chi connectivity index (χ0) is 19.4. The molecule has 6 nitrogen and oxygen atoms in total.